The number of hydrogen-bond acceptors (Lipinski definition) is 3. The first-order valence-corrected chi connectivity index (χ1v) is 8.96. The van der Waals surface area contributed by atoms with Crippen LogP contribution in [0.15, 0.2) is 48.8 Å². The molecule has 3 unspecified atom stereocenters. The zero-order valence-electron chi connectivity index (χ0n) is 14.5. The van der Waals surface area contributed by atoms with Gasteiger partial charge in [-0.1, -0.05) is 29.8 Å². The number of amides is 2. The van der Waals surface area contributed by atoms with E-state index >= 15 is 0 Å². The second kappa shape index (κ2) is 8.18. The monoisotopic (exact) mass is 411 g/mol. The van der Waals surface area contributed by atoms with E-state index in [0.29, 0.717) is 16.1 Å². The number of aromatic nitrogens is 1. The maximum absolute atomic E-state index is 12.8. The highest BCUT2D eigenvalue weighted by Gasteiger charge is 2.46. The van der Waals surface area contributed by atoms with Gasteiger partial charge in [0.1, 0.15) is 12.0 Å². The fourth-order valence-electron chi connectivity index (χ4n) is 3.11. The van der Waals surface area contributed by atoms with Crippen LogP contribution >= 0.6 is 11.6 Å². The molecule has 3 atom stereocenters. The number of carbonyl (C=O) groups is 2. The number of hydrogen-bond donors (Lipinski definition) is 2. The Labute approximate surface area is 164 Å². The van der Waals surface area contributed by atoms with Crippen LogP contribution in [-0.4, -0.2) is 29.0 Å². The second-order valence-electron chi connectivity index (χ2n) is 6.51. The summed E-state index contributed by atoms with van der Waals surface area (Å²) in [4.78, 5) is 28.8. The lowest BCUT2D eigenvalue weighted by Gasteiger charge is -2.31. The number of rotatable bonds is 4. The molecule has 3 rings (SSSR count). The topological polar surface area (TPSA) is 71.1 Å². The van der Waals surface area contributed by atoms with Gasteiger partial charge in [-0.25, -0.2) is 0 Å². The molecule has 1 aromatic carbocycles. The molecule has 0 radical (unpaired) electrons. The highest BCUT2D eigenvalue weighted by molar-refractivity contribution is 6.30. The normalized spacial score (nSPS) is 20.9. The van der Waals surface area contributed by atoms with Gasteiger partial charge in [-0.2, -0.15) is 13.2 Å². The van der Waals surface area contributed by atoms with Gasteiger partial charge in [-0.05, 0) is 42.2 Å². The third-order valence-corrected chi connectivity index (χ3v) is 4.85. The molecule has 0 spiro atoms. The minimum atomic E-state index is -4.53. The Morgan fingerprint density at radius 2 is 1.89 bits per heavy atom. The Kier molecular flexibility index (Phi) is 5.88. The molecule has 2 N–H and O–H groups in total. The van der Waals surface area contributed by atoms with Crippen molar-refractivity contribution in [1.82, 2.24) is 15.6 Å². The molecule has 148 valence electrons. The molecular formula is C19H17ClF3N3O2. The number of halogens is 4. The van der Waals surface area contributed by atoms with E-state index in [1.165, 1.54) is 0 Å². The Balaban J connectivity index is 1.79. The molecular weight excluding hydrogens is 395 g/mol. The van der Waals surface area contributed by atoms with E-state index in [9.17, 15) is 22.8 Å². The maximum Gasteiger partial charge on any atom is 0.408 e. The lowest BCUT2D eigenvalue weighted by Crippen LogP contribution is -2.54. The third kappa shape index (κ3) is 4.62. The van der Waals surface area contributed by atoms with Gasteiger partial charge in [0.2, 0.25) is 11.8 Å². The van der Waals surface area contributed by atoms with E-state index in [-0.39, 0.29) is 12.8 Å². The van der Waals surface area contributed by atoms with Crippen LogP contribution in [0, 0.1) is 5.92 Å². The number of pyridine rings is 1. The summed E-state index contributed by atoms with van der Waals surface area (Å²) in [5.41, 5.74) is 1.37. The molecule has 0 saturated carbocycles. The first kappa shape index (κ1) is 20.1. The molecule has 1 aliphatic rings. The zero-order valence-corrected chi connectivity index (χ0v) is 15.3. The Hall–Kier alpha value is -2.61. The van der Waals surface area contributed by atoms with Gasteiger partial charge in [0, 0.05) is 17.4 Å². The fourth-order valence-corrected chi connectivity index (χ4v) is 3.23. The summed E-state index contributed by atoms with van der Waals surface area (Å²) in [5.74, 6) is -2.75. The summed E-state index contributed by atoms with van der Waals surface area (Å²) in [6.07, 6.45) is -1.90. The molecule has 1 saturated heterocycles. The van der Waals surface area contributed by atoms with Crippen LogP contribution in [0.25, 0.3) is 0 Å². The number of nitrogens with zero attached hydrogens (tertiary/aromatic N) is 1. The van der Waals surface area contributed by atoms with E-state index in [0.717, 1.165) is 0 Å². The predicted molar refractivity (Wildman–Crippen MR) is 96.4 cm³/mol. The van der Waals surface area contributed by atoms with Gasteiger partial charge in [-0.15, -0.1) is 0 Å². The van der Waals surface area contributed by atoms with Gasteiger partial charge in [0.05, 0.1) is 6.04 Å². The Morgan fingerprint density at radius 1 is 1.18 bits per heavy atom. The lowest BCUT2D eigenvalue weighted by molar-refractivity contribution is -0.171. The van der Waals surface area contributed by atoms with Crippen LogP contribution in [0.2, 0.25) is 5.02 Å². The molecule has 2 amide bonds. The standard InChI is InChI=1S/C19H17ClF3N3O2/c20-13-5-3-11(4-6-13)16(12-2-1-9-24-10-12)26-18(28)14-7-8-15(19(21,22)23)25-17(14)27/h1-6,9-10,14-16H,7-8H2,(H,25,27)(H,26,28). The van der Waals surface area contributed by atoms with Crippen molar-refractivity contribution in [1.29, 1.82) is 0 Å². The van der Waals surface area contributed by atoms with Crippen molar-refractivity contribution in [3.05, 3.63) is 64.9 Å². The smallest absolute Gasteiger partial charge is 0.344 e. The minimum Gasteiger partial charge on any atom is -0.344 e. The lowest BCUT2D eigenvalue weighted by atomic mass is 9.91. The minimum absolute atomic E-state index is 0.178. The van der Waals surface area contributed by atoms with E-state index in [1.54, 1.807) is 48.8 Å². The predicted octanol–water partition coefficient (Wildman–Crippen LogP) is 3.40. The molecule has 9 heteroatoms. The van der Waals surface area contributed by atoms with E-state index < -0.39 is 36.0 Å². The highest BCUT2D eigenvalue weighted by Crippen LogP contribution is 2.29. The number of carbonyl (C=O) groups excluding carboxylic acids is 2. The van der Waals surface area contributed by atoms with Gasteiger partial charge in [0.15, 0.2) is 0 Å². The van der Waals surface area contributed by atoms with Gasteiger partial charge < -0.3 is 10.6 Å². The van der Waals surface area contributed by atoms with Crippen molar-refractivity contribution >= 4 is 23.4 Å². The first-order valence-electron chi connectivity index (χ1n) is 8.58. The van der Waals surface area contributed by atoms with Crippen LogP contribution < -0.4 is 10.6 Å². The first-order chi connectivity index (χ1) is 13.3. The molecule has 0 aliphatic carbocycles. The van der Waals surface area contributed by atoms with E-state index in [4.69, 9.17) is 11.6 Å². The number of benzene rings is 1. The SMILES string of the molecule is O=C(NC(c1ccc(Cl)cc1)c1cccnc1)C1CCC(C(F)(F)F)NC1=O. The van der Waals surface area contributed by atoms with Gasteiger partial charge in [-0.3, -0.25) is 14.6 Å². The van der Waals surface area contributed by atoms with Gasteiger partial charge >= 0.3 is 6.18 Å². The van der Waals surface area contributed by atoms with Crippen LogP contribution in [0.3, 0.4) is 0 Å². The summed E-state index contributed by atoms with van der Waals surface area (Å²) in [5, 5.41) is 5.17. The average Bonchev–Trinajstić information content (AvgIpc) is 2.66. The molecule has 5 nitrogen and oxygen atoms in total. The zero-order chi connectivity index (χ0) is 20.3. The van der Waals surface area contributed by atoms with Crippen molar-refractivity contribution in [2.45, 2.75) is 31.1 Å². The molecule has 1 aromatic heterocycles. The van der Waals surface area contributed by atoms with Crippen molar-refractivity contribution in [2.75, 3.05) is 0 Å². The number of piperidine rings is 1. The average molecular weight is 412 g/mol. The van der Waals surface area contributed by atoms with Crippen LogP contribution in [0.4, 0.5) is 13.2 Å². The highest BCUT2D eigenvalue weighted by atomic mass is 35.5. The van der Waals surface area contributed by atoms with Gasteiger partial charge in [0.25, 0.3) is 0 Å². The van der Waals surface area contributed by atoms with Crippen LogP contribution in [0.5, 0.6) is 0 Å². The van der Waals surface area contributed by atoms with E-state index in [1.807, 2.05) is 5.32 Å². The number of nitrogens with one attached hydrogen (secondary N) is 2. The molecule has 1 fully saturated rings. The van der Waals surface area contributed by atoms with E-state index in [2.05, 4.69) is 10.3 Å². The van der Waals surface area contributed by atoms with Crippen molar-refractivity contribution in [3.8, 4) is 0 Å². The van der Waals surface area contributed by atoms with Crippen molar-refractivity contribution in [2.24, 2.45) is 5.92 Å². The number of alkyl halides is 3. The Bertz CT molecular complexity index is 844. The summed E-state index contributed by atoms with van der Waals surface area (Å²) in [7, 11) is 0. The summed E-state index contributed by atoms with van der Waals surface area (Å²) in [6, 6.07) is 7.68. The van der Waals surface area contributed by atoms with Crippen LogP contribution in [0.1, 0.15) is 30.0 Å². The van der Waals surface area contributed by atoms with Crippen molar-refractivity contribution in [3.63, 3.8) is 0 Å². The summed E-state index contributed by atoms with van der Waals surface area (Å²) >= 11 is 5.91. The quantitative estimate of drug-likeness (QED) is 0.757. The largest absolute Gasteiger partial charge is 0.408 e. The molecule has 2 heterocycles. The molecule has 0 bridgehead atoms. The third-order valence-electron chi connectivity index (χ3n) is 4.60. The second-order valence-corrected chi connectivity index (χ2v) is 6.95. The molecule has 28 heavy (non-hydrogen) atoms. The molecule has 1 aliphatic heterocycles. The summed E-state index contributed by atoms with van der Waals surface area (Å²) in [6.45, 7) is 0. The van der Waals surface area contributed by atoms with Crippen LogP contribution in [-0.2, 0) is 9.59 Å². The Morgan fingerprint density at radius 3 is 2.46 bits per heavy atom. The molecule has 2 aromatic rings. The van der Waals surface area contributed by atoms with Crippen molar-refractivity contribution < 1.29 is 22.8 Å². The summed E-state index contributed by atoms with van der Waals surface area (Å²) < 4.78 is 38.4. The maximum atomic E-state index is 12.8. The fraction of sp³-hybridized carbons (Fsp3) is 0.316.